The zero-order chi connectivity index (χ0) is 48.2. The minimum absolute atomic E-state index is 0.104. The van der Waals surface area contributed by atoms with Crippen LogP contribution in [0.2, 0.25) is 0 Å². The van der Waals surface area contributed by atoms with Crippen molar-refractivity contribution in [1.82, 2.24) is 9.13 Å². The normalized spacial score (nSPS) is 16.3. The Balaban J connectivity index is 0.916. The predicted octanol–water partition coefficient (Wildman–Crippen LogP) is 18.1. The number of rotatable bonds is 5. The molecule has 3 heteroatoms. The van der Waals surface area contributed by atoms with Gasteiger partial charge in [-0.1, -0.05) is 178 Å². The number of hydrogen-bond acceptors (Lipinski definition) is 1. The van der Waals surface area contributed by atoms with E-state index in [-0.39, 0.29) is 16.7 Å². The van der Waals surface area contributed by atoms with Crippen LogP contribution in [0.15, 0.2) is 241 Å². The van der Waals surface area contributed by atoms with Crippen LogP contribution in [0.3, 0.4) is 0 Å². The first kappa shape index (κ1) is 40.8. The first-order valence-corrected chi connectivity index (χ1v) is 25.7. The number of benzene rings is 10. The summed E-state index contributed by atoms with van der Waals surface area (Å²) in [6, 6.07) is 83.8. The smallest absolute Gasteiger partial charge is 0.137 e. The lowest BCUT2D eigenvalue weighted by Gasteiger charge is -2.40. The number of aromatic nitrogens is 2. The van der Waals surface area contributed by atoms with E-state index in [0.29, 0.717) is 0 Å². The maximum Gasteiger partial charge on any atom is 0.137 e. The summed E-state index contributed by atoms with van der Waals surface area (Å²) in [7, 11) is 0. The number of fused-ring (bicyclic) bond motifs is 15. The average Bonchev–Trinajstić information content (AvgIpc) is 4.21. The van der Waals surface area contributed by atoms with Crippen molar-refractivity contribution in [1.29, 1.82) is 0 Å². The Labute approximate surface area is 423 Å². The van der Waals surface area contributed by atoms with Crippen LogP contribution in [-0.2, 0) is 10.8 Å². The second-order valence-corrected chi connectivity index (χ2v) is 21.1. The zero-order valence-corrected chi connectivity index (χ0v) is 40.6. The van der Waals surface area contributed by atoms with Crippen molar-refractivity contribution in [3.63, 3.8) is 0 Å². The molecule has 0 saturated carbocycles. The number of allylic oxidation sites excluding steroid dienone is 4. The van der Waals surface area contributed by atoms with Gasteiger partial charge < -0.3 is 13.6 Å². The van der Waals surface area contributed by atoms with E-state index in [2.05, 4.69) is 260 Å². The molecule has 16 rings (SSSR count). The number of furan rings is 1. The third kappa shape index (κ3) is 5.49. The molecule has 0 radical (unpaired) electrons. The largest absolute Gasteiger partial charge is 0.456 e. The van der Waals surface area contributed by atoms with Crippen LogP contribution < -0.4 is 0 Å². The average molecular weight is 933 g/mol. The van der Waals surface area contributed by atoms with Crippen LogP contribution in [0.4, 0.5) is 0 Å². The van der Waals surface area contributed by atoms with E-state index in [4.69, 9.17) is 4.42 Å². The summed E-state index contributed by atoms with van der Waals surface area (Å²) in [6.07, 6.45) is 5.67. The highest BCUT2D eigenvalue weighted by Crippen LogP contribution is 2.61. The monoisotopic (exact) mass is 932 g/mol. The van der Waals surface area contributed by atoms with E-state index in [9.17, 15) is 0 Å². The van der Waals surface area contributed by atoms with Gasteiger partial charge in [0.15, 0.2) is 0 Å². The van der Waals surface area contributed by atoms with Crippen molar-refractivity contribution in [3.05, 3.63) is 270 Å². The molecule has 1 unspecified atom stereocenters. The molecule has 344 valence electrons. The van der Waals surface area contributed by atoms with Gasteiger partial charge in [-0.15, -0.1) is 0 Å². The summed E-state index contributed by atoms with van der Waals surface area (Å²) in [5.74, 6) is 0.155. The van der Waals surface area contributed by atoms with E-state index in [1.807, 2.05) is 0 Å². The minimum atomic E-state index is -0.385. The van der Waals surface area contributed by atoms with E-state index in [1.165, 1.54) is 111 Å². The molecule has 0 amide bonds. The maximum atomic E-state index is 6.67. The standard InChI is InChI=1S/C70H48N2O/c1-69(2)59-27-15-12-25-50(59)53-39-56-54-36-43(30-34-63(54)71(65(56)41-61(53)69)47-22-10-5-11-23-47)44-31-35-64-55(37-44)57-40-58-52-26-14-17-29-67(52)73-68(58)42-66(57)72(64)48-32-33-51-49-24-13-16-28-60(49)70(62(51)38-48,45-18-6-3-7-19-45)46-20-8-4-9-21-46/h3-37,39-42,62H,38H2,1-2H3. The van der Waals surface area contributed by atoms with Gasteiger partial charge in [0.25, 0.3) is 0 Å². The Morgan fingerprint density at radius 2 is 0.973 bits per heavy atom. The van der Waals surface area contributed by atoms with Gasteiger partial charge in [-0.3, -0.25) is 0 Å². The summed E-state index contributed by atoms with van der Waals surface area (Å²) in [5, 5.41) is 7.24. The maximum absolute atomic E-state index is 6.67. The van der Waals surface area contributed by atoms with Crippen LogP contribution >= 0.6 is 0 Å². The summed E-state index contributed by atoms with van der Waals surface area (Å²) < 4.78 is 11.7. The lowest BCUT2D eigenvalue weighted by atomic mass is 9.63. The molecule has 0 bridgehead atoms. The van der Waals surface area contributed by atoms with Crippen molar-refractivity contribution in [3.8, 4) is 27.9 Å². The summed E-state index contributed by atoms with van der Waals surface area (Å²) >= 11 is 0. The molecule has 0 spiro atoms. The number of nitrogens with zero attached hydrogens (tertiary/aromatic N) is 2. The van der Waals surface area contributed by atoms with Gasteiger partial charge in [-0.2, -0.15) is 0 Å². The zero-order valence-electron chi connectivity index (χ0n) is 40.6. The van der Waals surface area contributed by atoms with Crippen LogP contribution in [0.25, 0.3) is 105 Å². The molecular formula is C70H48N2O. The highest BCUT2D eigenvalue weighted by molar-refractivity contribution is 6.19. The van der Waals surface area contributed by atoms with Crippen molar-refractivity contribution in [2.24, 2.45) is 5.92 Å². The molecule has 1 atom stereocenters. The molecule has 3 aliphatic carbocycles. The Morgan fingerprint density at radius 3 is 1.70 bits per heavy atom. The molecule has 73 heavy (non-hydrogen) atoms. The van der Waals surface area contributed by atoms with Crippen LogP contribution in [-0.4, -0.2) is 9.13 Å². The van der Waals surface area contributed by atoms with E-state index >= 15 is 0 Å². The fourth-order valence-electron chi connectivity index (χ4n) is 14.0. The van der Waals surface area contributed by atoms with Gasteiger partial charge in [-0.25, -0.2) is 0 Å². The fourth-order valence-corrected chi connectivity index (χ4v) is 14.0. The molecular weight excluding hydrogens is 885 g/mol. The van der Waals surface area contributed by atoms with Gasteiger partial charge in [0, 0.05) is 61.1 Å². The summed E-state index contributed by atoms with van der Waals surface area (Å²) in [5.41, 5.74) is 23.1. The van der Waals surface area contributed by atoms with E-state index < -0.39 is 0 Å². The SMILES string of the molecule is CC1(C)c2ccccc2-c2cc3c4cc(-c5ccc6c(c5)c5cc7c(cc5n6C5=CC=C6c8ccccc8C(c8ccccc8)(c8ccccc8)C6C5)oc5ccccc57)ccc4n(-c4ccccc4)c3cc21. The topological polar surface area (TPSA) is 23.0 Å². The molecule has 10 aromatic carbocycles. The molecule has 3 heterocycles. The van der Waals surface area contributed by atoms with Gasteiger partial charge in [0.05, 0.1) is 27.5 Å². The Morgan fingerprint density at radius 1 is 0.397 bits per heavy atom. The second-order valence-electron chi connectivity index (χ2n) is 21.1. The van der Waals surface area contributed by atoms with Gasteiger partial charge >= 0.3 is 0 Å². The molecule has 3 aromatic heterocycles. The Hall–Kier alpha value is -8.92. The predicted molar refractivity (Wildman–Crippen MR) is 304 cm³/mol. The van der Waals surface area contributed by atoms with Crippen molar-refractivity contribution in [2.75, 3.05) is 0 Å². The lowest BCUT2D eigenvalue weighted by molar-refractivity contribution is 0.485. The number of para-hydroxylation sites is 2. The molecule has 3 aliphatic rings. The molecule has 0 N–H and O–H groups in total. The van der Waals surface area contributed by atoms with Gasteiger partial charge in [0.2, 0.25) is 0 Å². The molecule has 3 nitrogen and oxygen atoms in total. The summed E-state index contributed by atoms with van der Waals surface area (Å²) in [4.78, 5) is 0. The lowest BCUT2D eigenvalue weighted by Crippen LogP contribution is -2.35. The third-order valence-electron chi connectivity index (χ3n) is 17.3. The second kappa shape index (κ2) is 14.8. The highest BCUT2D eigenvalue weighted by atomic mass is 16.3. The quantitative estimate of drug-likeness (QED) is 0.169. The van der Waals surface area contributed by atoms with Crippen molar-refractivity contribution >= 4 is 76.8 Å². The molecule has 0 saturated heterocycles. The Kier molecular flexibility index (Phi) is 8.28. The summed E-state index contributed by atoms with van der Waals surface area (Å²) in [6.45, 7) is 4.75. The number of hydrogen-bond donors (Lipinski definition) is 0. The van der Waals surface area contributed by atoms with Gasteiger partial charge in [-0.05, 0) is 134 Å². The van der Waals surface area contributed by atoms with Gasteiger partial charge in [0.1, 0.15) is 11.2 Å². The van der Waals surface area contributed by atoms with Crippen molar-refractivity contribution in [2.45, 2.75) is 31.1 Å². The molecule has 13 aromatic rings. The Bertz CT molecular complexity index is 4500. The fraction of sp³-hybridized carbons (Fsp3) is 0.0857. The third-order valence-corrected chi connectivity index (χ3v) is 17.3. The molecule has 0 aliphatic heterocycles. The van der Waals surface area contributed by atoms with Crippen LogP contribution in [0.1, 0.15) is 53.6 Å². The van der Waals surface area contributed by atoms with Crippen LogP contribution in [0, 0.1) is 5.92 Å². The highest BCUT2D eigenvalue weighted by Gasteiger charge is 2.52. The minimum Gasteiger partial charge on any atom is -0.456 e. The molecule has 0 fully saturated rings. The van der Waals surface area contributed by atoms with Crippen molar-refractivity contribution < 1.29 is 4.42 Å². The first-order chi connectivity index (χ1) is 35.9. The van der Waals surface area contributed by atoms with Crippen LogP contribution in [0.5, 0.6) is 0 Å². The first-order valence-electron chi connectivity index (χ1n) is 25.7. The van der Waals surface area contributed by atoms with E-state index in [1.54, 1.807) is 0 Å². The van der Waals surface area contributed by atoms with E-state index in [0.717, 1.165) is 33.9 Å².